The largest absolute Gasteiger partial charge is 0.321 e. The second-order valence-corrected chi connectivity index (χ2v) is 11.0. The Kier molecular flexibility index (Phi) is 4.45. The molecule has 1 saturated heterocycles. The maximum Gasteiger partial charge on any atom is 0.256 e. The van der Waals surface area contributed by atoms with Crippen LogP contribution in [-0.4, -0.2) is 39.7 Å². The van der Waals surface area contributed by atoms with Gasteiger partial charge in [0.1, 0.15) is 0 Å². The summed E-state index contributed by atoms with van der Waals surface area (Å²) in [7, 11) is 0. The molecule has 0 bridgehead atoms. The van der Waals surface area contributed by atoms with E-state index >= 15 is 0 Å². The highest BCUT2D eigenvalue weighted by atomic mass is 16.1. The van der Waals surface area contributed by atoms with E-state index in [0.717, 1.165) is 34.5 Å². The summed E-state index contributed by atoms with van der Waals surface area (Å²) in [6.07, 6.45) is 16.3. The minimum atomic E-state index is 0.00683. The van der Waals surface area contributed by atoms with Crippen LogP contribution in [0.15, 0.2) is 42.7 Å². The lowest BCUT2D eigenvalue weighted by molar-refractivity contribution is 0.0958. The number of likely N-dealkylation sites (tertiary alicyclic amines) is 1. The fourth-order valence-electron chi connectivity index (χ4n) is 7.13. The van der Waals surface area contributed by atoms with E-state index in [1.54, 1.807) is 0 Å². The van der Waals surface area contributed by atoms with Crippen molar-refractivity contribution in [2.75, 3.05) is 18.4 Å². The number of aromatic nitrogens is 2. The molecule has 1 atom stereocenters. The molecule has 33 heavy (non-hydrogen) atoms. The first-order valence-corrected chi connectivity index (χ1v) is 12.8. The molecule has 5 nitrogen and oxygen atoms in total. The standard InChI is InChI=1S/C28H32N4O/c33-27-24-4-1-3-23-20(5-6-25(30-27)26(23)24)15-19-17-29-32(18-19)21-8-13-31(14-9-21)22-7-12-28(16-22)10-2-11-28/h1,3-6,17-18,21-22H,2,7-16H2,(H,30,33)/t22-/m1/s1. The predicted molar refractivity (Wildman–Crippen MR) is 131 cm³/mol. The van der Waals surface area contributed by atoms with E-state index in [1.165, 1.54) is 81.0 Å². The van der Waals surface area contributed by atoms with Crippen LogP contribution in [0, 0.1) is 5.41 Å². The van der Waals surface area contributed by atoms with E-state index in [-0.39, 0.29) is 5.91 Å². The Morgan fingerprint density at radius 2 is 1.91 bits per heavy atom. The first-order valence-electron chi connectivity index (χ1n) is 12.8. The van der Waals surface area contributed by atoms with Gasteiger partial charge in [-0.05, 0) is 79.0 Å². The third-order valence-corrected chi connectivity index (χ3v) is 9.15. The third-order valence-electron chi connectivity index (χ3n) is 9.15. The zero-order chi connectivity index (χ0) is 22.0. The number of hydrogen-bond acceptors (Lipinski definition) is 3. The van der Waals surface area contributed by atoms with Crippen LogP contribution in [-0.2, 0) is 6.42 Å². The third kappa shape index (κ3) is 3.23. The molecule has 2 aliphatic carbocycles. The normalized spacial score (nSPS) is 24.5. The van der Waals surface area contributed by atoms with Gasteiger partial charge >= 0.3 is 0 Å². The van der Waals surface area contributed by atoms with Gasteiger partial charge in [0.2, 0.25) is 0 Å². The van der Waals surface area contributed by atoms with Crippen LogP contribution in [0.1, 0.15) is 78.9 Å². The second-order valence-electron chi connectivity index (χ2n) is 11.0. The molecule has 2 saturated carbocycles. The number of piperidine rings is 1. The maximum atomic E-state index is 12.2. The lowest BCUT2D eigenvalue weighted by atomic mass is 9.67. The highest BCUT2D eigenvalue weighted by molar-refractivity contribution is 6.24. The number of anilines is 1. The van der Waals surface area contributed by atoms with E-state index in [4.69, 9.17) is 5.10 Å². The number of carbonyl (C=O) groups is 1. The molecule has 0 unspecified atom stereocenters. The molecule has 3 aromatic rings. The molecule has 1 aromatic heterocycles. The van der Waals surface area contributed by atoms with Crippen molar-refractivity contribution in [3.8, 4) is 0 Å². The van der Waals surface area contributed by atoms with Crippen LogP contribution in [0.4, 0.5) is 5.69 Å². The van der Waals surface area contributed by atoms with E-state index in [0.29, 0.717) is 6.04 Å². The van der Waals surface area contributed by atoms with Gasteiger partial charge in [0.15, 0.2) is 0 Å². The van der Waals surface area contributed by atoms with Crippen molar-refractivity contribution < 1.29 is 4.79 Å². The van der Waals surface area contributed by atoms with Crippen molar-refractivity contribution in [1.82, 2.24) is 14.7 Å². The van der Waals surface area contributed by atoms with E-state index in [1.807, 2.05) is 24.4 Å². The number of nitrogens with one attached hydrogen (secondary N) is 1. The lowest BCUT2D eigenvalue weighted by Gasteiger charge is -2.41. The first-order chi connectivity index (χ1) is 16.2. The molecule has 2 aliphatic heterocycles. The molecule has 7 rings (SSSR count). The highest BCUT2D eigenvalue weighted by Crippen LogP contribution is 2.54. The number of carbonyl (C=O) groups excluding carboxylic acids is 1. The second kappa shape index (κ2) is 7.42. The highest BCUT2D eigenvalue weighted by Gasteiger charge is 2.45. The van der Waals surface area contributed by atoms with Gasteiger partial charge in [0, 0.05) is 48.4 Å². The Bertz CT molecular complexity index is 1230. The van der Waals surface area contributed by atoms with Gasteiger partial charge in [0.25, 0.3) is 5.91 Å². The first kappa shape index (κ1) is 19.8. The van der Waals surface area contributed by atoms with Crippen LogP contribution < -0.4 is 5.32 Å². The molecule has 5 heteroatoms. The maximum absolute atomic E-state index is 12.2. The van der Waals surface area contributed by atoms with Gasteiger partial charge in [0.05, 0.1) is 12.2 Å². The molecular formula is C28H32N4O. The topological polar surface area (TPSA) is 50.2 Å². The lowest BCUT2D eigenvalue weighted by Crippen LogP contribution is -2.41. The summed E-state index contributed by atoms with van der Waals surface area (Å²) in [4.78, 5) is 15.0. The average Bonchev–Trinajstić information content (AvgIpc) is 3.54. The number of benzene rings is 2. The van der Waals surface area contributed by atoms with Crippen LogP contribution >= 0.6 is 0 Å². The van der Waals surface area contributed by atoms with Crippen LogP contribution in [0.2, 0.25) is 0 Å². The predicted octanol–water partition coefficient (Wildman–Crippen LogP) is 5.55. The molecule has 170 valence electrons. The molecular weight excluding hydrogens is 408 g/mol. The van der Waals surface area contributed by atoms with Crippen LogP contribution in [0.5, 0.6) is 0 Å². The summed E-state index contributed by atoms with van der Waals surface area (Å²) in [6.45, 7) is 2.44. The fourth-order valence-corrected chi connectivity index (χ4v) is 7.13. The summed E-state index contributed by atoms with van der Waals surface area (Å²) < 4.78 is 2.22. The number of hydrogen-bond donors (Lipinski definition) is 1. The Balaban J connectivity index is 1.04. The van der Waals surface area contributed by atoms with Gasteiger partial charge in [-0.15, -0.1) is 0 Å². The molecule has 3 fully saturated rings. The Morgan fingerprint density at radius 3 is 2.70 bits per heavy atom. The van der Waals surface area contributed by atoms with Crippen molar-refractivity contribution in [3.63, 3.8) is 0 Å². The molecule has 1 N–H and O–H groups in total. The van der Waals surface area contributed by atoms with Gasteiger partial charge in [-0.1, -0.05) is 24.6 Å². The van der Waals surface area contributed by atoms with Gasteiger partial charge in [-0.3, -0.25) is 9.48 Å². The average molecular weight is 441 g/mol. The molecule has 0 radical (unpaired) electrons. The van der Waals surface area contributed by atoms with Gasteiger partial charge in [-0.25, -0.2) is 0 Å². The van der Waals surface area contributed by atoms with Gasteiger partial charge < -0.3 is 10.2 Å². The summed E-state index contributed by atoms with van der Waals surface area (Å²) in [6, 6.07) is 11.6. The van der Waals surface area contributed by atoms with Crippen molar-refractivity contribution in [2.24, 2.45) is 5.41 Å². The number of nitrogens with zero attached hydrogens (tertiary/aromatic N) is 3. The van der Waals surface area contributed by atoms with Crippen LogP contribution in [0.3, 0.4) is 0 Å². The van der Waals surface area contributed by atoms with E-state index in [9.17, 15) is 4.79 Å². The summed E-state index contributed by atoms with van der Waals surface area (Å²) in [5.41, 5.74) is 4.97. The molecule has 3 heterocycles. The minimum Gasteiger partial charge on any atom is -0.321 e. The Morgan fingerprint density at radius 1 is 1.03 bits per heavy atom. The quantitative estimate of drug-likeness (QED) is 0.578. The van der Waals surface area contributed by atoms with Crippen LogP contribution in [0.25, 0.3) is 10.8 Å². The van der Waals surface area contributed by atoms with Crippen molar-refractivity contribution in [1.29, 1.82) is 0 Å². The molecule has 4 aliphatic rings. The Labute approximate surface area is 195 Å². The zero-order valence-electron chi connectivity index (χ0n) is 19.2. The van der Waals surface area contributed by atoms with E-state index < -0.39 is 0 Å². The van der Waals surface area contributed by atoms with Gasteiger partial charge in [-0.2, -0.15) is 5.10 Å². The molecule has 1 amide bonds. The van der Waals surface area contributed by atoms with Crippen molar-refractivity contribution in [2.45, 2.75) is 69.9 Å². The SMILES string of the molecule is O=C1Nc2ccc(Cc3cnn(C4CCN([C@@H]5CCC6(CCC6)C5)CC4)c3)c3cccc1c23. The molecule has 2 aromatic carbocycles. The summed E-state index contributed by atoms with van der Waals surface area (Å²) >= 11 is 0. The smallest absolute Gasteiger partial charge is 0.256 e. The fraction of sp³-hybridized carbons (Fsp3) is 0.500. The number of rotatable bonds is 4. The van der Waals surface area contributed by atoms with Crippen molar-refractivity contribution >= 4 is 22.4 Å². The minimum absolute atomic E-state index is 0.00683. The Hall–Kier alpha value is -2.66. The van der Waals surface area contributed by atoms with E-state index in [2.05, 4.69) is 33.2 Å². The molecule has 1 spiro atoms. The summed E-state index contributed by atoms with van der Waals surface area (Å²) in [5, 5.41) is 10.00. The zero-order valence-corrected chi connectivity index (χ0v) is 19.2. The van der Waals surface area contributed by atoms with Crippen molar-refractivity contribution in [3.05, 3.63) is 59.4 Å². The summed E-state index contributed by atoms with van der Waals surface area (Å²) in [5.74, 6) is 0.00683. The number of amides is 1. The monoisotopic (exact) mass is 440 g/mol.